The van der Waals surface area contributed by atoms with Crippen molar-refractivity contribution in [1.82, 2.24) is 14.7 Å². The van der Waals surface area contributed by atoms with Crippen molar-refractivity contribution in [3.8, 4) is 0 Å². The van der Waals surface area contributed by atoms with E-state index in [-0.39, 0.29) is 13.0 Å². The largest absolute Gasteiger partial charge is 0.466 e. The molecule has 2 aromatic carbocycles. The summed E-state index contributed by atoms with van der Waals surface area (Å²) in [7, 11) is 1.26. The first kappa shape index (κ1) is 36.2. The molecule has 0 N–H and O–H groups in total. The molecule has 2 fully saturated rings. The maximum Gasteiger partial charge on any atom is 0.413 e. The van der Waals surface area contributed by atoms with Gasteiger partial charge in [-0.05, 0) is 66.5 Å². The van der Waals surface area contributed by atoms with Crippen molar-refractivity contribution >= 4 is 18.2 Å². The van der Waals surface area contributed by atoms with Crippen molar-refractivity contribution in [2.75, 3.05) is 26.9 Å². The maximum absolute atomic E-state index is 13.7. The van der Waals surface area contributed by atoms with Crippen molar-refractivity contribution in [3.63, 3.8) is 0 Å². The van der Waals surface area contributed by atoms with Gasteiger partial charge < -0.3 is 23.7 Å². The lowest BCUT2D eigenvalue weighted by atomic mass is 10.0. The number of hydrogen-bond acceptors (Lipinski definition) is 9. The van der Waals surface area contributed by atoms with Gasteiger partial charge in [-0.25, -0.2) is 14.4 Å². The van der Waals surface area contributed by atoms with Crippen molar-refractivity contribution in [2.24, 2.45) is 0 Å². The minimum atomic E-state index is -1.29. The standard InChI is InChI=1S/C36H51N3O8/c1-33(2)24-45-35(5,6)38(33)31(41)44-23-28(37(21-26-16-12-10-13-17-26)22-27-18-14-11-15-19-27)20-29(30(40)43-9)47-32(42)39-34(3,4)25-46-36(39,7)8/h10-19,28-29H,20-25H2,1-9H3/t28-,29+/m0/s1. The van der Waals surface area contributed by atoms with E-state index in [1.165, 1.54) is 12.0 Å². The molecule has 2 atom stereocenters. The van der Waals surface area contributed by atoms with Gasteiger partial charge in [-0.1, -0.05) is 60.7 Å². The van der Waals surface area contributed by atoms with Gasteiger partial charge in [-0.15, -0.1) is 0 Å². The number of carbonyl (C=O) groups is 3. The predicted octanol–water partition coefficient (Wildman–Crippen LogP) is 5.96. The molecule has 0 unspecified atom stereocenters. The number of benzene rings is 2. The summed E-state index contributed by atoms with van der Waals surface area (Å²) in [6, 6.07) is 19.2. The van der Waals surface area contributed by atoms with Gasteiger partial charge in [0.15, 0.2) is 0 Å². The van der Waals surface area contributed by atoms with Gasteiger partial charge in [0, 0.05) is 25.6 Å². The fraction of sp³-hybridized carbons (Fsp3) is 0.583. The highest BCUT2D eigenvalue weighted by Gasteiger charge is 2.51. The number of carbonyl (C=O) groups excluding carboxylic acids is 3. The summed E-state index contributed by atoms with van der Waals surface area (Å²) in [6.45, 7) is 16.4. The Bertz CT molecular complexity index is 1310. The third-order valence-corrected chi connectivity index (χ3v) is 8.78. The summed E-state index contributed by atoms with van der Waals surface area (Å²) in [4.78, 5) is 45.9. The molecule has 2 aliphatic rings. The number of ether oxygens (including phenoxy) is 5. The molecular formula is C36H51N3O8. The molecule has 0 aromatic heterocycles. The highest BCUT2D eigenvalue weighted by atomic mass is 16.6. The second-order valence-electron chi connectivity index (χ2n) is 14.5. The molecule has 47 heavy (non-hydrogen) atoms. The molecule has 2 heterocycles. The SMILES string of the molecule is COC(=O)[C@@H](C[C@@H](COC(=O)N1C(C)(C)COC1(C)C)N(Cc1ccccc1)Cc1ccccc1)OC(=O)N1C(C)(C)COC1(C)C. The van der Waals surface area contributed by atoms with Crippen LogP contribution in [-0.4, -0.2) is 94.5 Å². The molecule has 0 bridgehead atoms. The third kappa shape index (κ3) is 8.63. The van der Waals surface area contributed by atoms with Crippen LogP contribution >= 0.6 is 0 Å². The highest BCUT2D eigenvalue weighted by molar-refractivity contribution is 5.79. The Hall–Kier alpha value is -3.67. The average molecular weight is 654 g/mol. The molecule has 0 saturated carbocycles. The van der Waals surface area contributed by atoms with Gasteiger partial charge in [0.1, 0.15) is 18.1 Å². The van der Waals surface area contributed by atoms with E-state index in [0.717, 1.165) is 11.1 Å². The first-order valence-corrected chi connectivity index (χ1v) is 16.1. The van der Waals surface area contributed by atoms with E-state index in [1.807, 2.05) is 102 Å². The van der Waals surface area contributed by atoms with Crippen LogP contribution in [0.1, 0.15) is 72.9 Å². The number of methoxy groups -OCH3 is 1. The summed E-state index contributed by atoms with van der Waals surface area (Å²) in [6.07, 6.45) is -2.52. The van der Waals surface area contributed by atoms with E-state index in [1.54, 1.807) is 18.7 Å². The van der Waals surface area contributed by atoms with E-state index >= 15 is 0 Å². The van der Waals surface area contributed by atoms with E-state index in [0.29, 0.717) is 26.3 Å². The number of hydrogen-bond donors (Lipinski definition) is 0. The Morgan fingerprint density at radius 2 is 1.19 bits per heavy atom. The second kappa shape index (κ2) is 14.2. The summed E-state index contributed by atoms with van der Waals surface area (Å²) in [5.74, 6) is -0.708. The zero-order valence-corrected chi connectivity index (χ0v) is 29.3. The second-order valence-corrected chi connectivity index (χ2v) is 14.5. The number of nitrogens with zero attached hydrogens (tertiary/aromatic N) is 3. The molecule has 0 aliphatic carbocycles. The lowest BCUT2D eigenvalue weighted by Gasteiger charge is -2.39. The number of rotatable bonds is 11. The van der Waals surface area contributed by atoms with Gasteiger partial charge in [-0.2, -0.15) is 0 Å². The molecular weight excluding hydrogens is 602 g/mol. The smallest absolute Gasteiger partial charge is 0.413 e. The molecule has 4 rings (SSSR count). The van der Waals surface area contributed by atoms with Crippen LogP contribution in [0.3, 0.4) is 0 Å². The minimum Gasteiger partial charge on any atom is -0.466 e. The van der Waals surface area contributed by atoms with E-state index < -0.39 is 52.8 Å². The first-order chi connectivity index (χ1) is 22.0. The number of amides is 2. The van der Waals surface area contributed by atoms with Gasteiger partial charge >= 0.3 is 18.2 Å². The average Bonchev–Trinajstić information content (AvgIpc) is 3.38. The van der Waals surface area contributed by atoms with Crippen LogP contribution in [0, 0.1) is 0 Å². The summed E-state index contributed by atoms with van der Waals surface area (Å²) >= 11 is 0. The molecule has 258 valence electrons. The Morgan fingerprint density at radius 1 is 0.745 bits per heavy atom. The molecule has 2 amide bonds. The summed E-state index contributed by atoms with van der Waals surface area (Å²) in [5.41, 5.74) is -1.02. The normalized spacial score (nSPS) is 20.5. The zero-order valence-electron chi connectivity index (χ0n) is 29.3. The lowest BCUT2D eigenvalue weighted by molar-refractivity contribution is -0.154. The van der Waals surface area contributed by atoms with Crippen LogP contribution in [0.5, 0.6) is 0 Å². The van der Waals surface area contributed by atoms with Crippen LogP contribution in [0.15, 0.2) is 60.7 Å². The van der Waals surface area contributed by atoms with Crippen molar-refractivity contribution < 1.29 is 38.1 Å². The molecule has 11 nitrogen and oxygen atoms in total. The molecule has 2 aromatic rings. The fourth-order valence-electron chi connectivity index (χ4n) is 6.61. The first-order valence-electron chi connectivity index (χ1n) is 16.1. The topological polar surface area (TPSA) is 107 Å². The summed E-state index contributed by atoms with van der Waals surface area (Å²) < 4.78 is 28.9. The Morgan fingerprint density at radius 3 is 1.60 bits per heavy atom. The molecule has 2 saturated heterocycles. The van der Waals surface area contributed by atoms with Gasteiger partial charge in [-0.3, -0.25) is 14.7 Å². The molecule has 11 heteroatoms. The van der Waals surface area contributed by atoms with Gasteiger partial charge in [0.25, 0.3) is 0 Å². The van der Waals surface area contributed by atoms with Crippen LogP contribution in [0.25, 0.3) is 0 Å². The highest BCUT2D eigenvalue weighted by Crippen LogP contribution is 2.37. The molecule has 0 radical (unpaired) electrons. The molecule has 0 spiro atoms. The van der Waals surface area contributed by atoms with Crippen LogP contribution in [0.2, 0.25) is 0 Å². The molecule has 2 aliphatic heterocycles. The van der Waals surface area contributed by atoms with Crippen LogP contribution in [-0.2, 0) is 41.6 Å². The number of esters is 1. The Labute approximate surface area is 279 Å². The van der Waals surface area contributed by atoms with Crippen molar-refractivity contribution in [3.05, 3.63) is 71.8 Å². The van der Waals surface area contributed by atoms with Gasteiger partial charge in [0.05, 0.1) is 31.4 Å². The third-order valence-electron chi connectivity index (χ3n) is 8.78. The van der Waals surface area contributed by atoms with E-state index in [9.17, 15) is 14.4 Å². The maximum atomic E-state index is 13.7. The zero-order chi connectivity index (χ0) is 34.6. The minimum absolute atomic E-state index is 0.00417. The monoisotopic (exact) mass is 653 g/mol. The van der Waals surface area contributed by atoms with Crippen LogP contribution in [0.4, 0.5) is 9.59 Å². The fourth-order valence-corrected chi connectivity index (χ4v) is 6.61. The Kier molecular flexibility index (Phi) is 10.9. The Balaban J connectivity index is 1.67. The van der Waals surface area contributed by atoms with Crippen LogP contribution < -0.4 is 0 Å². The van der Waals surface area contributed by atoms with E-state index in [2.05, 4.69) is 4.90 Å². The van der Waals surface area contributed by atoms with Crippen molar-refractivity contribution in [2.45, 2.75) is 110 Å². The quantitative estimate of drug-likeness (QED) is 0.215. The van der Waals surface area contributed by atoms with E-state index in [4.69, 9.17) is 23.7 Å². The summed E-state index contributed by atoms with van der Waals surface area (Å²) in [5, 5.41) is 0. The lowest BCUT2D eigenvalue weighted by Crippen LogP contribution is -2.55. The predicted molar refractivity (Wildman–Crippen MR) is 176 cm³/mol. The van der Waals surface area contributed by atoms with Gasteiger partial charge in [0.2, 0.25) is 6.10 Å². The van der Waals surface area contributed by atoms with Crippen molar-refractivity contribution in [1.29, 1.82) is 0 Å².